The Morgan fingerprint density at radius 1 is 1.04 bits per heavy atom. The summed E-state index contributed by atoms with van der Waals surface area (Å²) in [6.45, 7) is -0.211. The molecule has 1 aliphatic heterocycles. The maximum absolute atomic E-state index is 11.1. The first kappa shape index (κ1) is 17.8. The van der Waals surface area contributed by atoms with Crippen LogP contribution in [0.5, 0.6) is 0 Å². The molecule has 8 heteroatoms. The summed E-state index contributed by atoms with van der Waals surface area (Å²) in [5.74, 6) is 0. The zero-order chi connectivity index (χ0) is 17.2. The molecule has 0 bridgehead atoms. The number of ether oxygens (including phenoxy) is 2. The van der Waals surface area contributed by atoms with Gasteiger partial charge in [0.25, 0.3) is 0 Å². The van der Waals surface area contributed by atoms with Crippen LogP contribution in [0.15, 0.2) is 54.6 Å². The van der Waals surface area contributed by atoms with Crippen molar-refractivity contribution in [1.82, 2.24) is 0 Å². The molecule has 0 radical (unpaired) electrons. The van der Waals surface area contributed by atoms with Crippen molar-refractivity contribution in [2.24, 2.45) is 5.14 Å². The molecule has 0 aliphatic carbocycles. The summed E-state index contributed by atoms with van der Waals surface area (Å²) in [6, 6.07) is 17.1. The average molecular weight is 461 g/mol. The summed E-state index contributed by atoms with van der Waals surface area (Å²) in [5, 5.41) is 4.93. The largest absolute Gasteiger partial charge is 0.340 e. The van der Waals surface area contributed by atoms with Gasteiger partial charge in [-0.15, -0.1) is 0 Å². The van der Waals surface area contributed by atoms with Gasteiger partial charge in [0.05, 0.1) is 6.61 Å². The molecule has 0 amide bonds. The van der Waals surface area contributed by atoms with E-state index >= 15 is 0 Å². The first-order valence-electron chi connectivity index (χ1n) is 7.21. The lowest BCUT2D eigenvalue weighted by molar-refractivity contribution is -0.0727. The molecule has 6 nitrogen and oxygen atoms in total. The van der Waals surface area contributed by atoms with Crippen LogP contribution in [0.25, 0.3) is 0 Å². The smallest absolute Gasteiger partial charge is 0.333 e. The molecular weight excluding hydrogens is 445 g/mol. The zero-order valence-electron chi connectivity index (χ0n) is 12.5. The lowest BCUT2D eigenvalue weighted by atomic mass is 10.1. The van der Waals surface area contributed by atoms with Gasteiger partial charge in [-0.3, -0.25) is 4.18 Å². The Bertz CT molecular complexity index is 799. The maximum Gasteiger partial charge on any atom is 0.333 e. The third kappa shape index (κ3) is 4.32. The minimum absolute atomic E-state index is 0.211. The molecule has 0 saturated carbocycles. The van der Waals surface area contributed by atoms with Gasteiger partial charge in [-0.05, 0) is 34.2 Å². The highest BCUT2D eigenvalue weighted by Gasteiger charge is 2.39. The average Bonchev–Trinajstić information content (AvgIpc) is 2.98. The van der Waals surface area contributed by atoms with Gasteiger partial charge in [0, 0.05) is 9.13 Å². The molecule has 1 aliphatic rings. The third-order valence-corrected chi connectivity index (χ3v) is 5.03. The Balaban J connectivity index is 1.86. The molecular formula is C16H16INO5S. The van der Waals surface area contributed by atoms with E-state index in [4.69, 9.17) is 18.8 Å². The molecule has 24 heavy (non-hydrogen) atoms. The van der Waals surface area contributed by atoms with Crippen LogP contribution in [-0.4, -0.2) is 21.1 Å². The van der Waals surface area contributed by atoms with E-state index in [-0.39, 0.29) is 6.61 Å². The fraction of sp³-hybridized carbons (Fsp3) is 0.250. The van der Waals surface area contributed by atoms with Crippen LogP contribution in [0.4, 0.5) is 0 Å². The molecule has 0 aromatic heterocycles. The molecule has 1 unspecified atom stereocenters. The first-order chi connectivity index (χ1) is 11.4. The second-order valence-electron chi connectivity index (χ2n) is 5.27. The molecule has 0 spiro atoms. The lowest BCUT2D eigenvalue weighted by Gasteiger charge is -2.17. The van der Waals surface area contributed by atoms with E-state index < -0.39 is 28.8 Å². The minimum atomic E-state index is -4.05. The molecule has 1 saturated heterocycles. The van der Waals surface area contributed by atoms with Crippen LogP contribution >= 0.6 is 22.6 Å². The van der Waals surface area contributed by atoms with Crippen LogP contribution in [0, 0.1) is 3.57 Å². The minimum Gasteiger partial charge on any atom is -0.340 e. The first-order valence-corrected chi connectivity index (χ1v) is 9.76. The van der Waals surface area contributed by atoms with Gasteiger partial charge in [0.15, 0.2) is 6.29 Å². The van der Waals surface area contributed by atoms with Gasteiger partial charge in [0.2, 0.25) is 0 Å². The molecule has 2 aromatic carbocycles. The summed E-state index contributed by atoms with van der Waals surface area (Å²) in [6.07, 6.45) is -1.64. The maximum atomic E-state index is 11.1. The predicted molar refractivity (Wildman–Crippen MR) is 96.1 cm³/mol. The van der Waals surface area contributed by atoms with Crippen LogP contribution in [0.2, 0.25) is 0 Å². The second kappa shape index (κ2) is 7.46. The zero-order valence-corrected chi connectivity index (χ0v) is 15.5. The van der Waals surface area contributed by atoms with Crippen molar-refractivity contribution in [1.29, 1.82) is 0 Å². The molecule has 3 atom stereocenters. The standard InChI is InChI=1S/C16H16INO5S/c17-13-9-5-4-8-12(13)15-14(10-21-24(18,19)20)22-16(23-15)11-6-2-1-3-7-11/h1-9,14-16H,10H2,(H2,18,19,20)/t14-,15-,16?/m1/s1. The molecule has 3 rings (SSSR count). The Hall–Kier alpha value is -1.04. The van der Waals surface area contributed by atoms with Crippen molar-refractivity contribution in [2.45, 2.75) is 18.5 Å². The quantitative estimate of drug-likeness (QED) is 0.692. The van der Waals surface area contributed by atoms with E-state index in [1.54, 1.807) is 0 Å². The molecule has 2 N–H and O–H groups in total. The topological polar surface area (TPSA) is 87.9 Å². The summed E-state index contributed by atoms with van der Waals surface area (Å²) >= 11 is 2.21. The van der Waals surface area contributed by atoms with E-state index in [0.29, 0.717) is 0 Å². The lowest BCUT2D eigenvalue weighted by Crippen LogP contribution is -2.27. The van der Waals surface area contributed by atoms with Gasteiger partial charge >= 0.3 is 10.3 Å². The monoisotopic (exact) mass is 461 g/mol. The van der Waals surface area contributed by atoms with Crippen molar-refractivity contribution < 1.29 is 22.1 Å². The number of halogens is 1. The van der Waals surface area contributed by atoms with Crippen molar-refractivity contribution in [3.63, 3.8) is 0 Å². The van der Waals surface area contributed by atoms with Gasteiger partial charge < -0.3 is 9.47 Å². The van der Waals surface area contributed by atoms with E-state index in [0.717, 1.165) is 14.7 Å². The van der Waals surface area contributed by atoms with Crippen LogP contribution in [-0.2, 0) is 24.0 Å². The van der Waals surface area contributed by atoms with Crippen molar-refractivity contribution in [3.8, 4) is 0 Å². The van der Waals surface area contributed by atoms with Crippen molar-refractivity contribution in [2.75, 3.05) is 6.61 Å². The Labute approximate surface area is 154 Å². The fourth-order valence-corrected chi connectivity index (χ4v) is 3.54. The van der Waals surface area contributed by atoms with E-state index in [1.165, 1.54) is 0 Å². The highest BCUT2D eigenvalue weighted by atomic mass is 127. The van der Waals surface area contributed by atoms with Gasteiger partial charge in [-0.1, -0.05) is 48.5 Å². The van der Waals surface area contributed by atoms with E-state index in [9.17, 15) is 8.42 Å². The summed E-state index contributed by atoms with van der Waals surface area (Å²) in [5.41, 5.74) is 1.77. The van der Waals surface area contributed by atoms with Crippen LogP contribution in [0.3, 0.4) is 0 Å². The molecule has 2 aromatic rings. The van der Waals surface area contributed by atoms with Crippen molar-refractivity contribution >= 4 is 32.9 Å². The number of nitrogens with two attached hydrogens (primary N) is 1. The Kier molecular flexibility index (Phi) is 5.52. The highest BCUT2D eigenvalue weighted by Crippen LogP contribution is 2.41. The number of benzene rings is 2. The normalized spacial score (nSPS) is 24.2. The van der Waals surface area contributed by atoms with Crippen LogP contribution < -0.4 is 5.14 Å². The summed E-state index contributed by atoms with van der Waals surface area (Å²) < 4.78 is 39.9. The fourth-order valence-electron chi connectivity index (χ4n) is 2.52. The summed E-state index contributed by atoms with van der Waals surface area (Å²) in [4.78, 5) is 0. The van der Waals surface area contributed by atoms with Gasteiger partial charge in [-0.2, -0.15) is 8.42 Å². The SMILES string of the molecule is NS(=O)(=O)OC[C@H]1OC(c2ccccc2)O[C@@H]1c1ccccc1I. The number of hydrogen-bond donors (Lipinski definition) is 1. The van der Waals surface area contributed by atoms with E-state index in [1.807, 2.05) is 54.6 Å². The Morgan fingerprint density at radius 2 is 1.71 bits per heavy atom. The third-order valence-electron chi connectivity index (χ3n) is 3.59. The van der Waals surface area contributed by atoms with Crippen molar-refractivity contribution in [3.05, 3.63) is 69.3 Å². The second-order valence-corrected chi connectivity index (χ2v) is 7.66. The summed E-state index contributed by atoms with van der Waals surface area (Å²) in [7, 11) is -4.05. The van der Waals surface area contributed by atoms with Crippen LogP contribution in [0.1, 0.15) is 23.5 Å². The molecule has 1 fully saturated rings. The molecule has 1 heterocycles. The highest BCUT2D eigenvalue weighted by molar-refractivity contribution is 14.1. The number of rotatable bonds is 5. The molecule has 128 valence electrons. The van der Waals surface area contributed by atoms with Gasteiger partial charge in [0.1, 0.15) is 12.2 Å². The Morgan fingerprint density at radius 3 is 2.38 bits per heavy atom. The predicted octanol–water partition coefficient (Wildman–Crippen LogP) is 2.67. The van der Waals surface area contributed by atoms with Gasteiger partial charge in [-0.25, -0.2) is 5.14 Å². The number of hydrogen-bond acceptors (Lipinski definition) is 5. The van der Waals surface area contributed by atoms with E-state index in [2.05, 4.69) is 22.6 Å².